The summed E-state index contributed by atoms with van der Waals surface area (Å²) in [6.07, 6.45) is 3.76. The van der Waals surface area contributed by atoms with Gasteiger partial charge in [-0.1, -0.05) is 18.2 Å². The average molecular weight is 366 g/mol. The molecule has 2 aliphatic heterocycles. The molecule has 7 heteroatoms. The maximum Gasteiger partial charge on any atom is 0.222 e. The summed E-state index contributed by atoms with van der Waals surface area (Å²) in [7, 11) is 0.375. The van der Waals surface area contributed by atoms with Crippen molar-refractivity contribution < 1.29 is 17.9 Å². The Kier molecular flexibility index (Phi) is 4.81. The predicted octanol–water partition coefficient (Wildman–Crippen LogP) is 1.83. The maximum absolute atomic E-state index is 12.3. The van der Waals surface area contributed by atoms with Crippen LogP contribution in [-0.2, 0) is 14.8 Å². The van der Waals surface area contributed by atoms with Gasteiger partial charge in [-0.15, -0.1) is 0 Å². The van der Waals surface area contributed by atoms with Crippen molar-refractivity contribution in [2.75, 3.05) is 33.4 Å². The third kappa shape index (κ3) is 3.82. The lowest BCUT2D eigenvalue weighted by Crippen LogP contribution is -2.51. The maximum atomic E-state index is 12.3. The first-order chi connectivity index (χ1) is 11.7. The molecular formula is C18H26N2O4S. The van der Waals surface area contributed by atoms with Crippen LogP contribution in [-0.4, -0.2) is 62.6 Å². The summed E-state index contributed by atoms with van der Waals surface area (Å²) < 4.78 is 31.4. The minimum Gasteiger partial charge on any atom is -0.487 e. The van der Waals surface area contributed by atoms with Crippen molar-refractivity contribution in [3.63, 3.8) is 0 Å². The number of rotatable bonds is 3. The lowest BCUT2D eigenvalue weighted by molar-refractivity contribution is -0.129. The van der Waals surface area contributed by atoms with E-state index in [0.29, 0.717) is 32.4 Å². The quantitative estimate of drug-likeness (QED) is 0.818. The molecule has 1 spiro atoms. The Morgan fingerprint density at radius 2 is 1.92 bits per heavy atom. The van der Waals surface area contributed by atoms with Crippen molar-refractivity contribution in [3.8, 4) is 5.75 Å². The van der Waals surface area contributed by atoms with Crippen molar-refractivity contribution in [2.45, 2.75) is 37.2 Å². The van der Waals surface area contributed by atoms with E-state index in [0.717, 1.165) is 17.7 Å². The zero-order valence-electron chi connectivity index (χ0n) is 15.1. The smallest absolute Gasteiger partial charge is 0.222 e. The number of carbonyl (C=O) groups excluding carboxylic acids is 1. The topological polar surface area (TPSA) is 66.9 Å². The van der Waals surface area contributed by atoms with Crippen LogP contribution in [0.3, 0.4) is 0 Å². The molecule has 0 aromatic heterocycles. The number of ether oxygens (including phenoxy) is 1. The summed E-state index contributed by atoms with van der Waals surface area (Å²) in [5.41, 5.74) is 0.696. The van der Waals surface area contributed by atoms with Gasteiger partial charge in [-0.3, -0.25) is 4.79 Å². The highest BCUT2D eigenvalue weighted by Gasteiger charge is 2.44. The number of benzene rings is 1. The van der Waals surface area contributed by atoms with Gasteiger partial charge in [-0.2, -0.15) is 0 Å². The Morgan fingerprint density at radius 1 is 1.28 bits per heavy atom. The van der Waals surface area contributed by atoms with Crippen LogP contribution >= 0.6 is 0 Å². The summed E-state index contributed by atoms with van der Waals surface area (Å²) in [5, 5.41) is 0. The van der Waals surface area contributed by atoms with Gasteiger partial charge in [-0.25, -0.2) is 12.7 Å². The fourth-order valence-electron chi connectivity index (χ4n) is 3.85. The molecule has 1 saturated heterocycles. The summed E-state index contributed by atoms with van der Waals surface area (Å²) in [4.78, 5) is 13.9. The molecule has 0 saturated carbocycles. The Labute approximate surface area is 149 Å². The molecule has 1 atom stereocenters. The highest BCUT2D eigenvalue weighted by Crippen LogP contribution is 2.46. The Bertz CT molecular complexity index is 752. The van der Waals surface area contributed by atoms with Crippen LogP contribution in [0.1, 0.15) is 37.2 Å². The van der Waals surface area contributed by atoms with Gasteiger partial charge < -0.3 is 9.64 Å². The summed E-state index contributed by atoms with van der Waals surface area (Å²) in [6, 6.07) is 7.89. The van der Waals surface area contributed by atoms with E-state index in [9.17, 15) is 13.2 Å². The van der Waals surface area contributed by atoms with E-state index in [1.807, 2.05) is 24.3 Å². The van der Waals surface area contributed by atoms with Crippen LogP contribution in [0, 0.1) is 0 Å². The van der Waals surface area contributed by atoms with E-state index >= 15 is 0 Å². The van der Waals surface area contributed by atoms with E-state index in [2.05, 4.69) is 0 Å². The van der Waals surface area contributed by atoms with Crippen LogP contribution in [0.4, 0.5) is 0 Å². The molecule has 2 heterocycles. The largest absolute Gasteiger partial charge is 0.487 e. The zero-order valence-corrected chi connectivity index (χ0v) is 15.9. The molecule has 138 valence electrons. The van der Waals surface area contributed by atoms with E-state index in [1.165, 1.54) is 10.6 Å². The monoisotopic (exact) mass is 366 g/mol. The first kappa shape index (κ1) is 18.2. The highest BCUT2D eigenvalue weighted by atomic mass is 32.2. The number of hydrogen-bond donors (Lipinski definition) is 0. The Hall–Kier alpha value is -1.60. The molecule has 1 aromatic rings. The number of para-hydroxylation sites is 1. The SMILES string of the molecule is CN(C)C(=O)C[C@H]1CC2(CCN(S(C)(=O)=O)CC2)Oc2ccccc21. The fourth-order valence-corrected chi connectivity index (χ4v) is 4.70. The number of piperidine rings is 1. The molecule has 0 unspecified atom stereocenters. The van der Waals surface area contributed by atoms with E-state index in [4.69, 9.17) is 4.74 Å². The molecule has 1 aromatic carbocycles. The second-order valence-corrected chi connectivity index (χ2v) is 9.36. The summed E-state index contributed by atoms with van der Waals surface area (Å²) in [5.74, 6) is 1.04. The Balaban J connectivity index is 1.83. The van der Waals surface area contributed by atoms with Crippen molar-refractivity contribution in [1.82, 2.24) is 9.21 Å². The molecule has 1 fully saturated rings. The van der Waals surface area contributed by atoms with Crippen molar-refractivity contribution in [1.29, 1.82) is 0 Å². The number of amides is 1. The van der Waals surface area contributed by atoms with E-state index in [-0.39, 0.29) is 17.4 Å². The van der Waals surface area contributed by atoms with Gasteiger partial charge in [0.05, 0.1) is 6.26 Å². The van der Waals surface area contributed by atoms with Crippen LogP contribution < -0.4 is 4.74 Å². The highest BCUT2D eigenvalue weighted by molar-refractivity contribution is 7.88. The molecule has 6 nitrogen and oxygen atoms in total. The second kappa shape index (κ2) is 6.61. The van der Waals surface area contributed by atoms with Gasteiger partial charge in [0.1, 0.15) is 11.4 Å². The Morgan fingerprint density at radius 3 is 2.52 bits per heavy atom. The molecule has 0 N–H and O–H groups in total. The predicted molar refractivity (Wildman–Crippen MR) is 96.1 cm³/mol. The first-order valence-electron chi connectivity index (χ1n) is 8.63. The lowest BCUT2D eigenvalue weighted by atomic mass is 9.76. The summed E-state index contributed by atoms with van der Waals surface area (Å²) >= 11 is 0. The molecular weight excluding hydrogens is 340 g/mol. The number of fused-ring (bicyclic) bond motifs is 1. The average Bonchev–Trinajstić information content (AvgIpc) is 2.54. The number of hydrogen-bond acceptors (Lipinski definition) is 4. The molecule has 3 rings (SSSR count). The lowest BCUT2D eigenvalue weighted by Gasteiger charge is -2.46. The van der Waals surface area contributed by atoms with Crippen molar-refractivity contribution in [2.24, 2.45) is 0 Å². The van der Waals surface area contributed by atoms with Crippen LogP contribution in [0.2, 0.25) is 0 Å². The zero-order chi connectivity index (χ0) is 18.2. The van der Waals surface area contributed by atoms with E-state index in [1.54, 1.807) is 19.0 Å². The number of nitrogens with zero attached hydrogens (tertiary/aromatic N) is 2. The van der Waals surface area contributed by atoms with Gasteiger partial charge in [0, 0.05) is 52.4 Å². The third-order valence-corrected chi connectivity index (χ3v) is 6.63. The van der Waals surface area contributed by atoms with E-state index < -0.39 is 10.0 Å². The molecule has 25 heavy (non-hydrogen) atoms. The van der Waals surface area contributed by atoms with Crippen molar-refractivity contribution in [3.05, 3.63) is 29.8 Å². The second-order valence-electron chi connectivity index (χ2n) is 7.38. The normalized spacial score (nSPS) is 22.9. The minimum atomic E-state index is -3.17. The minimum absolute atomic E-state index is 0.102. The fraction of sp³-hybridized carbons (Fsp3) is 0.611. The molecule has 0 radical (unpaired) electrons. The number of sulfonamides is 1. The van der Waals surface area contributed by atoms with Crippen LogP contribution in [0.25, 0.3) is 0 Å². The molecule has 1 amide bonds. The third-order valence-electron chi connectivity index (χ3n) is 5.33. The van der Waals surface area contributed by atoms with Crippen molar-refractivity contribution >= 4 is 15.9 Å². The van der Waals surface area contributed by atoms with Crippen LogP contribution in [0.15, 0.2) is 24.3 Å². The van der Waals surface area contributed by atoms with Gasteiger partial charge in [0.25, 0.3) is 0 Å². The van der Waals surface area contributed by atoms with Gasteiger partial charge in [0.2, 0.25) is 15.9 Å². The first-order valence-corrected chi connectivity index (χ1v) is 10.5. The van der Waals surface area contributed by atoms with Gasteiger partial charge >= 0.3 is 0 Å². The van der Waals surface area contributed by atoms with Gasteiger partial charge in [-0.05, 0) is 18.1 Å². The van der Waals surface area contributed by atoms with Crippen LogP contribution in [0.5, 0.6) is 5.75 Å². The molecule has 0 aliphatic carbocycles. The summed E-state index contributed by atoms with van der Waals surface area (Å²) in [6.45, 7) is 0.935. The standard InChI is InChI=1S/C18H26N2O4S/c1-19(2)17(21)12-14-13-18(24-16-7-5-4-6-15(14)16)8-10-20(11-9-18)25(3,22)23/h4-7,14H,8-13H2,1-3H3/t14-/m0/s1. The number of carbonyl (C=O) groups is 1. The molecule has 2 aliphatic rings. The van der Waals surface area contributed by atoms with Gasteiger partial charge in [0.15, 0.2) is 0 Å². The molecule has 0 bridgehead atoms.